The molecular formula is C13H15F3N2O3. The predicted molar refractivity (Wildman–Crippen MR) is 68.4 cm³/mol. The van der Waals surface area contributed by atoms with E-state index >= 15 is 0 Å². The first-order valence-corrected chi connectivity index (χ1v) is 6.42. The van der Waals surface area contributed by atoms with E-state index in [1.54, 1.807) is 12.0 Å². The summed E-state index contributed by atoms with van der Waals surface area (Å²) in [4.78, 5) is 16.3. The topological polar surface area (TPSA) is 62.7 Å². The molecule has 0 saturated carbocycles. The number of halogens is 3. The number of anilines is 1. The number of aromatic nitrogens is 1. The van der Waals surface area contributed by atoms with Crippen LogP contribution in [0.3, 0.4) is 0 Å². The molecular weight excluding hydrogens is 289 g/mol. The quantitative estimate of drug-likeness (QED) is 0.929. The molecule has 0 aromatic carbocycles. The summed E-state index contributed by atoms with van der Waals surface area (Å²) in [5.74, 6) is -1.42. The van der Waals surface area contributed by atoms with Gasteiger partial charge in [-0.3, -0.25) is 0 Å². The molecule has 0 bridgehead atoms. The molecule has 0 spiro atoms. The van der Waals surface area contributed by atoms with Crippen molar-refractivity contribution in [3.63, 3.8) is 0 Å². The van der Waals surface area contributed by atoms with Crippen molar-refractivity contribution in [2.45, 2.75) is 25.1 Å². The van der Waals surface area contributed by atoms with Crippen molar-refractivity contribution in [1.82, 2.24) is 4.98 Å². The average molecular weight is 304 g/mol. The van der Waals surface area contributed by atoms with Gasteiger partial charge in [-0.1, -0.05) is 0 Å². The molecule has 1 aromatic rings. The van der Waals surface area contributed by atoms with Crippen molar-refractivity contribution in [3.05, 3.63) is 23.4 Å². The predicted octanol–water partition coefficient (Wildman–Crippen LogP) is 2.41. The lowest BCUT2D eigenvalue weighted by molar-refractivity contribution is -0.141. The van der Waals surface area contributed by atoms with Gasteiger partial charge in [0.05, 0.1) is 6.10 Å². The van der Waals surface area contributed by atoms with E-state index in [1.807, 2.05) is 0 Å². The number of pyridine rings is 1. The van der Waals surface area contributed by atoms with Gasteiger partial charge in [-0.05, 0) is 25.0 Å². The third kappa shape index (κ3) is 3.44. The van der Waals surface area contributed by atoms with Crippen LogP contribution in [0.25, 0.3) is 0 Å². The molecule has 1 aliphatic heterocycles. The highest BCUT2D eigenvalue weighted by Crippen LogP contribution is 2.31. The lowest BCUT2D eigenvalue weighted by atomic mass is 10.1. The lowest BCUT2D eigenvalue weighted by Crippen LogP contribution is -2.38. The molecule has 21 heavy (non-hydrogen) atoms. The Morgan fingerprint density at radius 2 is 2.00 bits per heavy atom. The van der Waals surface area contributed by atoms with Gasteiger partial charge in [0.1, 0.15) is 17.1 Å². The van der Waals surface area contributed by atoms with Gasteiger partial charge in [-0.2, -0.15) is 13.2 Å². The average Bonchev–Trinajstić information content (AvgIpc) is 2.45. The van der Waals surface area contributed by atoms with E-state index in [4.69, 9.17) is 9.84 Å². The molecule has 1 N–H and O–H groups in total. The van der Waals surface area contributed by atoms with E-state index in [-0.39, 0.29) is 17.5 Å². The second-order valence-corrected chi connectivity index (χ2v) is 4.79. The van der Waals surface area contributed by atoms with Crippen LogP contribution < -0.4 is 4.90 Å². The summed E-state index contributed by atoms with van der Waals surface area (Å²) in [6, 6.07) is 1.64. The Morgan fingerprint density at radius 3 is 2.48 bits per heavy atom. The highest BCUT2D eigenvalue weighted by Gasteiger charge is 2.34. The maximum atomic E-state index is 12.7. The monoisotopic (exact) mass is 304 g/mol. The van der Waals surface area contributed by atoms with Crippen LogP contribution in [0.2, 0.25) is 0 Å². The number of nitrogens with zero attached hydrogens (tertiary/aromatic N) is 2. The summed E-state index contributed by atoms with van der Waals surface area (Å²) >= 11 is 0. The molecule has 2 rings (SSSR count). The molecule has 0 aliphatic carbocycles. The maximum absolute atomic E-state index is 12.7. The van der Waals surface area contributed by atoms with E-state index in [1.165, 1.54) is 0 Å². The number of hydrogen-bond donors (Lipinski definition) is 1. The summed E-state index contributed by atoms with van der Waals surface area (Å²) < 4.78 is 43.4. The molecule has 5 nitrogen and oxygen atoms in total. The zero-order chi connectivity index (χ0) is 15.6. The Kier molecular flexibility index (Phi) is 4.36. The Labute approximate surface area is 119 Å². The third-order valence-corrected chi connectivity index (χ3v) is 3.47. The second kappa shape index (κ2) is 5.88. The third-order valence-electron chi connectivity index (χ3n) is 3.47. The van der Waals surface area contributed by atoms with E-state index in [9.17, 15) is 18.0 Å². The summed E-state index contributed by atoms with van der Waals surface area (Å²) in [6.45, 7) is 0.820. The van der Waals surface area contributed by atoms with E-state index in [2.05, 4.69) is 4.98 Å². The number of carbonyl (C=O) groups is 1. The van der Waals surface area contributed by atoms with Gasteiger partial charge in [0, 0.05) is 20.2 Å². The molecule has 1 aliphatic rings. The molecule has 0 unspecified atom stereocenters. The Bertz CT molecular complexity index is 526. The van der Waals surface area contributed by atoms with Crippen molar-refractivity contribution in [3.8, 4) is 0 Å². The summed E-state index contributed by atoms with van der Waals surface area (Å²) in [6.07, 6.45) is -3.32. The maximum Gasteiger partial charge on any atom is 0.433 e. The number of alkyl halides is 3. The fourth-order valence-electron chi connectivity index (χ4n) is 2.32. The minimum absolute atomic E-state index is 0.0420. The summed E-state index contributed by atoms with van der Waals surface area (Å²) in [5.41, 5.74) is -1.31. The zero-order valence-corrected chi connectivity index (χ0v) is 11.4. The van der Waals surface area contributed by atoms with Crippen molar-refractivity contribution >= 4 is 11.8 Å². The van der Waals surface area contributed by atoms with Crippen LogP contribution >= 0.6 is 0 Å². The fourth-order valence-corrected chi connectivity index (χ4v) is 2.32. The first-order chi connectivity index (χ1) is 9.82. The van der Waals surface area contributed by atoms with Gasteiger partial charge in [0.25, 0.3) is 0 Å². The minimum Gasteiger partial charge on any atom is -0.478 e. The Morgan fingerprint density at radius 1 is 1.38 bits per heavy atom. The van der Waals surface area contributed by atoms with Crippen LogP contribution in [0.4, 0.5) is 19.0 Å². The van der Waals surface area contributed by atoms with E-state index in [0.717, 1.165) is 6.07 Å². The lowest BCUT2D eigenvalue weighted by Gasteiger charge is -2.33. The van der Waals surface area contributed by atoms with Crippen LogP contribution in [0.15, 0.2) is 12.1 Å². The van der Waals surface area contributed by atoms with Gasteiger partial charge in [0.2, 0.25) is 0 Å². The van der Waals surface area contributed by atoms with Crippen molar-refractivity contribution in [1.29, 1.82) is 0 Å². The number of hydrogen-bond acceptors (Lipinski definition) is 4. The van der Waals surface area contributed by atoms with Gasteiger partial charge in [-0.15, -0.1) is 0 Å². The summed E-state index contributed by atoms with van der Waals surface area (Å²) in [5, 5.41) is 9.12. The van der Waals surface area contributed by atoms with Crippen LogP contribution in [-0.4, -0.2) is 42.4 Å². The van der Waals surface area contributed by atoms with Crippen LogP contribution in [0.5, 0.6) is 0 Å². The number of carboxylic acids is 1. The molecule has 116 valence electrons. The number of ether oxygens (including phenoxy) is 1. The van der Waals surface area contributed by atoms with Crippen LogP contribution in [-0.2, 0) is 10.9 Å². The van der Waals surface area contributed by atoms with E-state index < -0.39 is 17.8 Å². The van der Waals surface area contributed by atoms with Crippen LogP contribution in [0.1, 0.15) is 28.9 Å². The zero-order valence-electron chi connectivity index (χ0n) is 11.4. The number of aromatic carboxylic acids is 1. The molecule has 0 radical (unpaired) electrons. The molecule has 1 aromatic heterocycles. The molecule has 1 saturated heterocycles. The molecule has 8 heteroatoms. The molecule has 0 amide bonds. The molecule has 0 atom stereocenters. The number of rotatable bonds is 3. The number of piperidine rings is 1. The fraction of sp³-hybridized carbons (Fsp3) is 0.538. The standard InChI is InChI=1S/C13H15F3N2O3/c1-21-8-4-6-18(7-5-8)11-9(12(19)20)2-3-10(17-11)13(14,15)16/h2-3,8H,4-7H2,1H3,(H,19,20). The second-order valence-electron chi connectivity index (χ2n) is 4.79. The van der Waals surface area contributed by atoms with Gasteiger partial charge < -0.3 is 14.7 Å². The smallest absolute Gasteiger partial charge is 0.433 e. The largest absolute Gasteiger partial charge is 0.478 e. The molecule has 1 fully saturated rings. The van der Waals surface area contributed by atoms with Gasteiger partial charge >= 0.3 is 12.1 Å². The van der Waals surface area contributed by atoms with E-state index in [0.29, 0.717) is 32.0 Å². The highest BCUT2D eigenvalue weighted by atomic mass is 19.4. The molecule has 2 heterocycles. The summed E-state index contributed by atoms with van der Waals surface area (Å²) in [7, 11) is 1.57. The Balaban J connectivity index is 2.33. The first kappa shape index (κ1) is 15.6. The number of methoxy groups -OCH3 is 1. The van der Waals surface area contributed by atoms with Crippen molar-refractivity contribution in [2.24, 2.45) is 0 Å². The van der Waals surface area contributed by atoms with Gasteiger partial charge in [-0.25, -0.2) is 9.78 Å². The van der Waals surface area contributed by atoms with Crippen molar-refractivity contribution in [2.75, 3.05) is 25.1 Å². The van der Waals surface area contributed by atoms with Crippen LogP contribution in [0, 0.1) is 0 Å². The SMILES string of the molecule is COC1CCN(c2nc(C(F)(F)F)ccc2C(=O)O)CC1. The van der Waals surface area contributed by atoms with Crippen molar-refractivity contribution < 1.29 is 27.8 Å². The first-order valence-electron chi connectivity index (χ1n) is 6.42. The normalized spacial score (nSPS) is 17.0. The highest BCUT2D eigenvalue weighted by molar-refractivity contribution is 5.93. The number of carboxylic acid groups (broad SMARTS) is 1. The Hall–Kier alpha value is -1.83. The minimum atomic E-state index is -4.60. The van der Waals surface area contributed by atoms with Gasteiger partial charge in [0.15, 0.2) is 0 Å².